The van der Waals surface area contributed by atoms with Crippen molar-refractivity contribution >= 4 is 33.7 Å². The monoisotopic (exact) mass is 381 g/mol. The van der Waals surface area contributed by atoms with Crippen LogP contribution < -0.4 is 10.6 Å². The van der Waals surface area contributed by atoms with Gasteiger partial charge in [0.15, 0.2) is 11.5 Å². The van der Waals surface area contributed by atoms with Crippen molar-refractivity contribution in [2.75, 3.05) is 5.32 Å². The van der Waals surface area contributed by atoms with Gasteiger partial charge in [0, 0.05) is 29.4 Å². The van der Waals surface area contributed by atoms with Gasteiger partial charge in [-0.3, -0.25) is 14.3 Å². The highest BCUT2D eigenvalue weighted by Gasteiger charge is 2.15. The van der Waals surface area contributed by atoms with E-state index >= 15 is 0 Å². The van der Waals surface area contributed by atoms with Crippen LogP contribution in [-0.2, 0) is 0 Å². The van der Waals surface area contributed by atoms with E-state index in [9.17, 15) is 4.79 Å². The molecule has 8 nitrogen and oxygen atoms in total. The van der Waals surface area contributed by atoms with Crippen molar-refractivity contribution in [1.29, 1.82) is 0 Å². The van der Waals surface area contributed by atoms with Gasteiger partial charge in [-0.05, 0) is 26.8 Å². The summed E-state index contributed by atoms with van der Waals surface area (Å²) in [5.41, 5.74) is 4.06. The molecule has 0 spiro atoms. The Kier molecular flexibility index (Phi) is 4.36. The average molecular weight is 381 g/mol. The van der Waals surface area contributed by atoms with E-state index < -0.39 is 0 Å². The molecule has 0 atom stereocenters. The summed E-state index contributed by atoms with van der Waals surface area (Å²) in [7, 11) is 0. The van der Waals surface area contributed by atoms with Gasteiger partial charge in [-0.15, -0.1) is 11.3 Å². The van der Waals surface area contributed by atoms with Crippen molar-refractivity contribution in [3.05, 3.63) is 47.5 Å². The van der Waals surface area contributed by atoms with Crippen molar-refractivity contribution < 1.29 is 4.79 Å². The van der Waals surface area contributed by atoms with E-state index in [0.717, 1.165) is 22.0 Å². The van der Waals surface area contributed by atoms with Gasteiger partial charge >= 0.3 is 0 Å². The fourth-order valence-electron chi connectivity index (χ4n) is 2.78. The van der Waals surface area contributed by atoms with Gasteiger partial charge in [0.25, 0.3) is 5.91 Å². The summed E-state index contributed by atoms with van der Waals surface area (Å²) in [6.45, 7) is 5.80. The van der Waals surface area contributed by atoms with E-state index in [0.29, 0.717) is 17.0 Å². The number of rotatable bonds is 5. The molecule has 0 saturated carbocycles. The minimum atomic E-state index is -0.0836. The molecule has 4 heterocycles. The normalized spacial score (nSPS) is 11.3. The van der Waals surface area contributed by atoms with Crippen LogP contribution in [0.15, 0.2) is 36.2 Å². The lowest BCUT2D eigenvalue weighted by Gasteiger charge is -2.08. The maximum Gasteiger partial charge on any atom is 0.252 e. The first-order valence-corrected chi connectivity index (χ1v) is 9.39. The molecule has 0 aliphatic heterocycles. The quantitative estimate of drug-likeness (QED) is 0.492. The Morgan fingerprint density at radius 1 is 1.33 bits per heavy atom. The Bertz CT molecular complexity index is 1090. The zero-order valence-corrected chi connectivity index (χ0v) is 16.0. The zero-order valence-electron chi connectivity index (χ0n) is 15.1. The first-order valence-electron chi connectivity index (χ1n) is 8.51. The van der Waals surface area contributed by atoms with Crippen molar-refractivity contribution in [3.63, 3.8) is 0 Å². The molecule has 0 unspecified atom stereocenters. The minimum Gasteiger partial charge on any atom is -0.350 e. The highest BCUT2D eigenvalue weighted by atomic mass is 32.1. The zero-order chi connectivity index (χ0) is 19.0. The van der Waals surface area contributed by atoms with E-state index in [4.69, 9.17) is 0 Å². The fourth-order valence-corrected chi connectivity index (χ4v) is 3.56. The van der Waals surface area contributed by atoms with Crippen LogP contribution >= 0.6 is 11.3 Å². The third kappa shape index (κ3) is 3.41. The van der Waals surface area contributed by atoms with Gasteiger partial charge in [-0.25, -0.2) is 9.97 Å². The SMILES string of the molecule is Cc1cn2c(-c3cn[nH]c3)cnc2c(Nc2cc(C(=O)NC(C)C)cs2)n1. The number of nitrogens with zero attached hydrogens (tertiary/aromatic N) is 4. The maximum atomic E-state index is 12.1. The average Bonchev–Trinajstić information content (AvgIpc) is 3.34. The second-order valence-electron chi connectivity index (χ2n) is 6.51. The molecular formula is C18H19N7OS. The third-order valence-electron chi connectivity index (χ3n) is 3.93. The van der Waals surface area contributed by atoms with Gasteiger partial charge in [0.1, 0.15) is 0 Å². The number of carbonyl (C=O) groups is 1. The number of aromatic nitrogens is 5. The first-order chi connectivity index (χ1) is 13.0. The molecule has 4 rings (SSSR count). The molecule has 0 bridgehead atoms. The second kappa shape index (κ2) is 6.84. The van der Waals surface area contributed by atoms with Crippen LogP contribution in [0.1, 0.15) is 29.9 Å². The Balaban J connectivity index is 1.67. The van der Waals surface area contributed by atoms with Crippen LogP contribution in [0.2, 0.25) is 0 Å². The van der Waals surface area contributed by atoms with E-state index in [1.807, 2.05) is 49.0 Å². The number of carbonyl (C=O) groups excluding carboxylic acids is 1. The molecule has 0 aliphatic rings. The largest absolute Gasteiger partial charge is 0.350 e. The number of thiophene rings is 1. The molecule has 4 aromatic heterocycles. The van der Waals surface area contributed by atoms with E-state index in [-0.39, 0.29) is 11.9 Å². The lowest BCUT2D eigenvalue weighted by molar-refractivity contribution is 0.0943. The highest BCUT2D eigenvalue weighted by molar-refractivity contribution is 7.14. The Morgan fingerprint density at radius 3 is 2.93 bits per heavy atom. The van der Waals surface area contributed by atoms with Gasteiger partial charge in [0.2, 0.25) is 0 Å². The fraction of sp³-hybridized carbons (Fsp3) is 0.222. The summed E-state index contributed by atoms with van der Waals surface area (Å²) in [4.78, 5) is 21.2. The smallest absolute Gasteiger partial charge is 0.252 e. The molecule has 0 aromatic carbocycles. The molecule has 3 N–H and O–H groups in total. The standard InChI is InChI=1S/C18H19N7OS/c1-10(2)22-18(26)12-4-15(27-9-12)24-16-17-19-7-14(13-5-20-21-6-13)25(17)8-11(3)23-16/h4-10H,1-3H3,(H,20,21)(H,22,26)(H,23,24). The number of nitrogens with one attached hydrogen (secondary N) is 3. The summed E-state index contributed by atoms with van der Waals surface area (Å²) in [6, 6.07) is 1.92. The molecule has 138 valence electrons. The highest BCUT2D eigenvalue weighted by Crippen LogP contribution is 2.28. The molecule has 0 radical (unpaired) electrons. The summed E-state index contributed by atoms with van der Waals surface area (Å²) >= 11 is 1.45. The van der Waals surface area contributed by atoms with E-state index in [1.165, 1.54) is 11.3 Å². The van der Waals surface area contributed by atoms with Crippen LogP contribution in [0.5, 0.6) is 0 Å². The maximum absolute atomic E-state index is 12.1. The lowest BCUT2D eigenvalue weighted by atomic mass is 10.3. The molecule has 4 aromatic rings. The molecule has 0 saturated heterocycles. The van der Waals surface area contributed by atoms with Crippen molar-refractivity contribution in [2.45, 2.75) is 26.8 Å². The molecule has 0 fully saturated rings. The Hall–Kier alpha value is -3.20. The molecule has 9 heteroatoms. The van der Waals surface area contributed by atoms with Crippen molar-refractivity contribution in [1.82, 2.24) is 29.9 Å². The lowest BCUT2D eigenvalue weighted by Crippen LogP contribution is -2.29. The van der Waals surface area contributed by atoms with Gasteiger partial charge < -0.3 is 10.6 Å². The summed E-state index contributed by atoms with van der Waals surface area (Å²) in [6.07, 6.45) is 7.31. The van der Waals surface area contributed by atoms with Crippen LogP contribution in [-0.4, -0.2) is 36.5 Å². The van der Waals surface area contributed by atoms with Gasteiger partial charge in [-0.2, -0.15) is 5.10 Å². The van der Waals surface area contributed by atoms with Crippen molar-refractivity contribution in [3.8, 4) is 11.3 Å². The molecule has 0 aliphatic carbocycles. The second-order valence-corrected chi connectivity index (χ2v) is 7.42. The predicted octanol–water partition coefficient (Wildman–Crippen LogP) is 3.37. The topological polar surface area (TPSA) is 100 Å². The summed E-state index contributed by atoms with van der Waals surface area (Å²) < 4.78 is 1.98. The summed E-state index contributed by atoms with van der Waals surface area (Å²) in [5.74, 6) is 0.558. The summed E-state index contributed by atoms with van der Waals surface area (Å²) in [5, 5.41) is 15.7. The third-order valence-corrected chi connectivity index (χ3v) is 4.78. The predicted molar refractivity (Wildman–Crippen MR) is 106 cm³/mol. The van der Waals surface area contributed by atoms with Crippen molar-refractivity contribution in [2.24, 2.45) is 0 Å². The number of aryl methyl sites for hydroxylation is 1. The number of H-pyrrole nitrogens is 1. The Labute approximate surface area is 159 Å². The van der Waals surface area contributed by atoms with Gasteiger partial charge in [0.05, 0.1) is 34.3 Å². The molecular weight excluding hydrogens is 362 g/mol. The molecule has 1 amide bonds. The Morgan fingerprint density at radius 2 is 2.19 bits per heavy atom. The van der Waals surface area contributed by atoms with E-state index in [2.05, 4.69) is 30.8 Å². The number of fused-ring (bicyclic) bond motifs is 1. The van der Waals surface area contributed by atoms with Crippen LogP contribution in [0.4, 0.5) is 10.8 Å². The number of hydrogen-bond donors (Lipinski definition) is 3. The number of hydrogen-bond acceptors (Lipinski definition) is 6. The minimum absolute atomic E-state index is 0.0836. The van der Waals surface area contributed by atoms with Crippen LogP contribution in [0.3, 0.4) is 0 Å². The number of anilines is 2. The molecule has 27 heavy (non-hydrogen) atoms. The number of aromatic amines is 1. The number of imidazole rings is 1. The number of amides is 1. The van der Waals surface area contributed by atoms with Crippen LogP contribution in [0, 0.1) is 6.92 Å². The van der Waals surface area contributed by atoms with Gasteiger partial charge in [-0.1, -0.05) is 0 Å². The first kappa shape index (κ1) is 17.2. The van der Waals surface area contributed by atoms with Crippen LogP contribution in [0.25, 0.3) is 16.9 Å². The van der Waals surface area contributed by atoms with E-state index in [1.54, 1.807) is 12.4 Å².